The van der Waals surface area contributed by atoms with Crippen LogP contribution in [0, 0.1) is 27.7 Å². The van der Waals surface area contributed by atoms with Crippen molar-refractivity contribution in [2.24, 2.45) is 5.10 Å². The molecule has 0 aliphatic rings. The van der Waals surface area contributed by atoms with Crippen molar-refractivity contribution in [3.8, 4) is 5.75 Å². The number of nitrogens with one attached hydrogen (secondary N) is 2. The van der Waals surface area contributed by atoms with Crippen LogP contribution in [0.15, 0.2) is 29.4 Å². The summed E-state index contributed by atoms with van der Waals surface area (Å²) >= 11 is 1.53. The lowest BCUT2D eigenvalue weighted by atomic mass is 10.1. The minimum Gasteiger partial charge on any atom is -0.484 e. The normalized spacial score (nSPS) is 11.6. The second kappa shape index (κ2) is 9.26. The van der Waals surface area contributed by atoms with Crippen molar-refractivity contribution in [2.75, 3.05) is 17.3 Å². The van der Waals surface area contributed by atoms with Gasteiger partial charge in [-0.05, 0) is 81.5 Å². The average Bonchev–Trinajstić information content (AvgIpc) is 3.10. The van der Waals surface area contributed by atoms with Crippen LogP contribution in [-0.4, -0.2) is 23.2 Å². The number of nitrogens with zero attached hydrogens (tertiary/aromatic N) is 2. The van der Waals surface area contributed by atoms with E-state index >= 15 is 0 Å². The third kappa shape index (κ3) is 5.16. The number of ether oxygens (including phenoxy) is 1. The molecule has 0 fully saturated rings. The zero-order valence-electron chi connectivity index (χ0n) is 18.3. The summed E-state index contributed by atoms with van der Waals surface area (Å²) in [5, 5.41) is 8.07. The Morgan fingerprint density at radius 3 is 2.50 bits per heavy atom. The van der Waals surface area contributed by atoms with Crippen molar-refractivity contribution < 1.29 is 9.53 Å². The van der Waals surface area contributed by atoms with Crippen LogP contribution in [0.5, 0.6) is 5.75 Å². The average molecular weight is 425 g/mol. The molecule has 30 heavy (non-hydrogen) atoms. The molecule has 0 aliphatic carbocycles. The van der Waals surface area contributed by atoms with Gasteiger partial charge < -0.3 is 10.1 Å². The standard InChI is InChI=1S/C23H28N4O2S/c1-7-16(5)26-27-23-24-19-11-15(4)21(17(6)22(19)30-23)25-20(28)12-29-18-9-13(2)8-14(3)10-18/h8-11H,7,12H2,1-6H3,(H,24,27)(H,25,28)/b26-16-. The second-order valence-electron chi connectivity index (χ2n) is 7.53. The van der Waals surface area contributed by atoms with Gasteiger partial charge in [-0.3, -0.25) is 10.2 Å². The molecule has 1 amide bonds. The second-order valence-corrected chi connectivity index (χ2v) is 8.53. The molecule has 7 heteroatoms. The van der Waals surface area contributed by atoms with E-state index in [0.29, 0.717) is 5.75 Å². The lowest BCUT2D eigenvalue weighted by Crippen LogP contribution is -2.21. The molecule has 0 saturated heterocycles. The number of anilines is 2. The minimum atomic E-state index is -0.189. The number of carbonyl (C=O) groups excluding carboxylic acids is 1. The summed E-state index contributed by atoms with van der Waals surface area (Å²) in [5.41, 5.74) is 9.91. The Kier molecular flexibility index (Phi) is 6.72. The predicted molar refractivity (Wildman–Crippen MR) is 126 cm³/mol. The van der Waals surface area contributed by atoms with Gasteiger partial charge in [0.05, 0.1) is 10.2 Å². The minimum absolute atomic E-state index is 0.0414. The van der Waals surface area contributed by atoms with Crippen molar-refractivity contribution in [1.82, 2.24) is 4.98 Å². The van der Waals surface area contributed by atoms with Gasteiger partial charge in [-0.25, -0.2) is 4.98 Å². The topological polar surface area (TPSA) is 75.6 Å². The van der Waals surface area contributed by atoms with Gasteiger partial charge in [0, 0.05) is 11.4 Å². The number of hydrogen-bond acceptors (Lipinski definition) is 6. The zero-order valence-corrected chi connectivity index (χ0v) is 19.2. The molecule has 0 spiro atoms. The van der Waals surface area contributed by atoms with Crippen LogP contribution in [0.2, 0.25) is 0 Å². The number of thiazole rings is 1. The number of benzene rings is 2. The summed E-state index contributed by atoms with van der Waals surface area (Å²) in [6, 6.07) is 7.91. The van der Waals surface area contributed by atoms with Crippen LogP contribution in [0.25, 0.3) is 10.2 Å². The SMILES string of the molecule is CC/C(C)=N\Nc1nc2cc(C)c(NC(=O)COc3cc(C)cc(C)c3)c(C)c2s1. The number of fused-ring (bicyclic) bond motifs is 1. The largest absolute Gasteiger partial charge is 0.484 e. The molecule has 1 aromatic heterocycles. The molecule has 0 unspecified atom stereocenters. The van der Waals surface area contributed by atoms with Gasteiger partial charge in [-0.1, -0.05) is 24.3 Å². The number of amides is 1. The molecule has 0 atom stereocenters. The maximum Gasteiger partial charge on any atom is 0.262 e. The summed E-state index contributed by atoms with van der Waals surface area (Å²) in [5.74, 6) is 0.512. The van der Waals surface area contributed by atoms with Gasteiger partial charge in [0.1, 0.15) is 5.75 Å². The van der Waals surface area contributed by atoms with Crippen molar-refractivity contribution in [1.29, 1.82) is 0 Å². The van der Waals surface area contributed by atoms with Crippen molar-refractivity contribution >= 4 is 44.0 Å². The molecule has 3 rings (SSSR count). The first-order chi connectivity index (χ1) is 14.3. The van der Waals surface area contributed by atoms with Gasteiger partial charge in [0.25, 0.3) is 5.91 Å². The zero-order chi connectivity index (χ0) is 21.8. The van der Waals surface area contributed by atoms with E-state index < -0.39 is 0 Å². The molecule has 158 valence electrons. The Labute approximate surface area is 181 Å². The molecule has 6 nitrogen and oxygen atoms in total. The van der Waals surface area contributed by atoms with E-state index in [1.807, 2.05) is 52.8 Å². The van der Waals surface area contributed by atoms with Gasteiger partial charge in [0.2, 0.25) is 5.13 Å². The maximum absolute atomic E-state index is 12.5. The van der Waals surface area contributed by atoms with Crippen LogP contribution >= 0.6 is 11.3 Å². The van der Waals surface area contributed by atoms with Crippen molar-refractivity contribution in [2.45, 2.75) is 48.0 Å². The molecule has 0 bridgehead atoms. The third-order valence-corrected chi connectivity index (χ3v) is 5.90. The third-order valence-electron chi connectivity index (χ3n) is 4.80. The summed E-state index contributed by atoms with van der Waals surface area (Å²) in [4.78, 5) is 17.1. The molecule has 0 radical (unpaired) electrons. The van der Waals surface area contributed by atoms with Crippen LogP contribution < -0.4 is 15.5 Å². The van der Waals surface area contributed by atoms with Gasteiger partial charge in [0.15, 0.2) is 6.61 Å². The number of aromatic nitrogens is 1. The first-order valence-electron chi connectivity index (χ1n) is 9.97. The fourth-order valence-corrected chi connectivity index (χ4v) is 4.08. The highest BCUT2D eigenvalue weighted by molar-refractivity contribution is 7.22. The molecule has 0 aliphatic heterocycles. The lowest BCUT2D eigenvalue weighted by molar-refractivity contribution is -0.118. The van der Waals surface area contributed by atoms with E-state index in [4.69, 9.17) is 4.74 Å². The van der Waals surface area contributed by atoms with Crippen LogP contribution in [-0.2, 0) is 4.79 Å². The monoisotopic (exact) mass is 424 g/mol. The maximum atomic E-state index is 12.5. The highest BCUT2D eigenvalue weighted by Crippen LogP contribution is 2.35. The Morgan fingerprint density at radius 2 is 1.83 bits per heavy atom. The molecule has 2 aromatic carbocycles. The summed E-state index contributed by atoms with van der Waals surface area (Å²) in [6.45, 7) is 12.0. The summed E-state index contributed by atoms with van der Waals surface area (Å²) in [6.07, 6.45) is 0.885. The number of aryl methyl sites for hydroxylation is 4. The molecule has 2 N–H and O–H groups in total. The Morgan fingerprint density at radius 1 is 1.13 bits per heavy atom. The molecular formula is C23H28N4O2S. The van der Waals surface area contributed by atoms with Crippen LogP contribution in [0.1, 0.15) is 42.5 Å². The van der Waals surface area contributed by atoms with Crippen molar-refractivity contribution in [3.63, 3.8) is 0 Å². The van der Waals surface area contributed by atoms with E-state index in [0.717, 1.165) is 55.4 Å². The Bertz CT molecular complexity index is 1100. The van der Waals surface area contributed by atoms with E-state index in [-0.39, 0.29) is 12.5 Å². The summed E-state index contributed by atoms with van der Waals surface area (Å²) in [7, 11) is 0. The molecule has 0 saturated carbocycles. The van der Waals surface area contributed by atoms with Gasteiger partial charge in [-0.2, -0.15) is 5.10 Å². The quantitative estimate of drug-likeness (QED) is 0.374. The van der Waals surface area contributed by atoms with E-state index in [9.17, 15) is 4.79 Å². The van der Waals surface area contributed by atoms with Crippen molar-refractivity contribution in [3.05, 3.63) is 46.5 Å². The van der Waals surface area contributed by atoms with E-state index in [2.05, 4.69) is 33.8 Å². The number of rotatable bonds is 7. The highest BCUT2D eigenvalue weighted by atomic mass is 32.1. The van der Waals surface area contributed by atoms with Gasteiger partial charge >= 0.3 is 0 Å². The highest BCUT2D eigenvalue weighted by Gasteiger charge is 2.15. The molecule has 3 aromatic rings. The Hall–Kier alpha value is -2.93. The fraction of sp³-hybridized carbons (Fsp3) is 0.348. The first kappa shape index (κ1) is 21.8. The van der Waals surface area contributed by atoms with Crippen LogP contribution in [0.3, 0.4) is 0 Å². The smallest absolute Gasteiger partial charge is 0.262 e. The molecular weight excluding hydrogens is 396 g/mol. The van der Waals surface area contributed by atoms with Crippen LogP contribution in [0.4, 0.5) is 10.8 Å². The lowest BCUT2D eigenvalue weighted by Gasteiger charge is -2.13. The number of hydrogen-bond donors (Lipinski definition) is 2. The Balaban J connectivity index is 1.75. The van der Waals surface area contributed by atoms with E-state index in [1.54, 1.807) is 0 Å². The summed E-state index contributed by atoms with van der Waals surface area (Å²) < 4.78 is 6.72. The number of hydrazone groups is 1. The van der Waals surface area contributed by atoms with E-state index in [1.165, 1.54) is 11.3 Å². The molecule has 1 heterocycles. The van der Waals surface area contributed by atoms with Gasteiger partial charge in [-0.15, -0.1) is 0 Å². The fourth-order valence-electron chi connectivity index (χ4n) is 3.19. The first-order valence-corrected chi connectivity index (χ1v) is 10.8. The number of carbonyl (C=O) groups is 1. The predicted octanol–water partition coefficient (Wildman–Crippen LogP) is 5.75.